The molecule has 0 spiro atoms. The highest BCUT2D eigenvalue weighted by atomic mass is 16.2. The Labute approximate surface area is 146 Å². The molecule has 1 amide bonds. The highest BCUT2D eigenvalue weighted by Gasteiger charge is 2.59. The average molecular weight is 332 g/mol. The third-order valence-corrected chi connectivity index (χ3v) is 7.59. The van der Waals surface area contributed by atoms with Crippen LogP contribution in [0.5, 0.6) is 0 Å². The maximum absolute atomic E-state index is 12.5. The molecule has 134 valence electrons. The van der Waals surface area contributed by atoms with E-state index in [1.165, 1.54) is 0 Å². The summed E-state index contributed by atoms with van der Waals surface area (Å²) in [6, 6.07) is 0. The van der Waals surface area contributed by atoms with Crippen molar-refractivity contribution in [2.24, 2.45) is 23.2 Å². The minimum absolute atomic E-state index is 0.00350. The number of hydrogen-bond donors (Lipinski definition) is 0. The van der Waals surface area contributed by atoms with Crippen LogP contribution < -0.4 is 0 Å². The Morgan fingerprint density at radius 1 is 1.04 bits per heavy atom. The van der Waals surface area contributed by atoms with Crippen LogP contribution in [0.25, 0.3) is 0 Å². The quantitative estimate of drug-likeness (QED) is 0.661. The Balaban J connectivity index is 0.000000815. The minimum atomic E-state index is -0.0628. The van der Waals surface area contributed by atoms with Crippen molar-refractivity contribution in [2.45, 2.75) is 78.2 Å². The zero-order valence-corrected chi connectivity index (χ0v) is 15.8. The summed E-state index contributed by atoms with van der Waals surface area (Å²) in [6.45, 7) is 9.41. The normalized spacial score (nSPS) is 44.0. The summed E-state index contributed by atoms with van der Waals surface area (Å²) in [7, 11) is 0. The number of allylic oxidation sites excluding steroid dienone is 1. The number of carbonyl (C=O) groups is 2. The van der Waals surface area contributed by atoms with Crippen molar-refractivity contribution in [3.63, 3.8) is 0 Å². The fourth-order valence-corrected chi connectivity index (χ4v) is 6.30. The van der Waals surface area contributed by atoms with Crippen molar-refractivity contribution in [2.75, 3.05) is 6.54 Å². The summed E-state index contributed by atoms with van der Waals surface area (Å²) >= 11 is 0. The van der Waals surface area contributed by atoms with E-state index in [2.05, 4.69) is 18.7 Å². The van der Waals surface area contributed by atoms with Crippen LogP contribution in [-0.2, 0) is 9.59 Å². The summed E-state index contributed by atoms with van der Waals surface area (Å²) in [5, 5.41) is 0. The molecule has 5 unspecified atom stereocenters. The van der Waals surface area contributed by atoms with Gasteiger partial charge >= 0.3 is 0 Å². The molecule has 24 heavy (non-hydrogen) atoms. The molecule has 0 aromatic heterocycles. The molecule has 4 rings (SSSR count). The molecular formula is C21H33NO2. The first-order chi connectivity index (χ1) is 11.5. The summed E-state index contributed by atoms with van der Waals surface area (Å²) < 4.78 is 0. The van der Waals surface area contributed by atoms with Gasteiger partial charge < -0.3 is 4.90 Å². The van der Waals surface area contributed by atoms with E-state index >= 15 is 0 Å². The van der Waals surface area contributed by atoms with E-state index < -0.39 is 0 Å². The molecule has 3 fully saturated rings. The Morgan fingerprint density at radius 2 is 1.79 bits per heavy atom. The van der Waals surface area contributed by atoms with Crippen LogP contribution in [0.3, 0.4) is 0 Å². The second-order valence-corrected chi connectivity index (χ2v) is 8.37. The lowest BCUT2D eigenvalue weighted by Gasteiger charge is -2.58. The first kappa shape index (κ1) is 17.7. The number of hydrogen-bond acceptors (Lipinski definition) is 2. The van der Waals surface area contributed by atoms with E-state index in [0.29, 0.717) is 23.5 Å². The summed E-state index contributed by atoms with van der Waals surface area (Å²) in [5.41, 5.74) is -0.0663. The van der Waals surface area contributed by atoms with Crippen LogP contribution in [0.1, 0.15) is 72.6 Å². The Morgan fingerprint density at radius 3 is 2.54 bits per heavy atom. The second kappa shape index (κ2) is 6.31. The number of Topliss-reactive ketones (excluding diaryl/α,β-unsaturated/α-hetero) is 1. The van der Waals surface area contributed by atoms with Crippen molar-refractivity contribution >= 4 is 11.7 Å². The second-order valence-electron chi connectivity index (χ2n) is 8.37. The van der Waals surface area contributed by atoms with Crippen LogP contribution in [0, 0.1) is 23.2 Å². The molecule has 0 N–H and O–H groups in total. The molecule has 2 aliphatic heterocycles. The first-order valence-corrected chi connectivity index (χ1v) is 9.98. The van der Waals surface area contributed by atoms with E-state index in [1.54, 1.807) is 6.08 Å². The van der Waals surface area contributed by atoms with Crippen LogP contribution >= 0.6 is 0 Å². The van der Waals surface area contributed by atoms with Crippen LogP contribution in [0.4, 0.5) is 0 Å². The fourth-order valence-electron chi connectivity index (χ4n) is 6.30. The number of piperidine rings is 1. The van der Waals surface area contributed by atoms with Gasteiger partial charge in [0.05, 0.1) is 0 Å². The molecule has 3 heteroatoms. The molecule has 2 saturated carbocycles. The zero-order valence-electron chi connectivity index (χ0n) is 15.8. The molecule has 0 radical (unpaired) electrons. The van der Waals surface area contributed by atoms with Crippen LogP contribution in [0.2, 0.25) is 0 Å². The monoisotopic (exact) mass is 331 g/mol. The van der Waals surface area contributed by atoms with Gasteiger partial charge in [0, 0.05) is 23.9 Å². The number of amides is 1. The number of rotatable bonds is 0. The molecule has 0 bridgehead atoms. The SMILES string of the molecule is CC.CC12CCC3C(CCN4C(=O)C=CCCC34C)C1CCC2=O. The molecule has 0 aromatic rings. The smallest absolute Gasteiger partial charge is 0.246 e. The molecule has 2 heterocycles. The van der Waals surface area contributed by atoms with Gasteiger partial charge in [0.15, 0.2) is 0 Å². The largest absolute Gasteiger partial charge is 0.333 e. The Hall–Kier alpha value is -1.12. The number of ketones is 1. The van der Waals surface area contributed by atoms with E-state index in [-0.39, 0.29) is 16.9 Å². The van der Waals surface area contributed by atoms with Gasteiger partial charge in [0.2, 0.25) is 5.91 Å². The van der Waals surface area contributed by atoms with Gasteiger partial charge in [0.25, 0.3) is 0 Å². The number of carbonyl (C=O) groups excluding carboxylic acids is 2. The maximum Gasteiger partial charge on any atom is 0.246 e. The van der Waals surface area contributed by atoms with Crippen LogP contribution in [0.15, 0.2) is 12.2 Å². The molecule has 0 aromatic carbocycles. The summed E-state index contributed by atoms with van der Waals surface area (Å²) in [5.74, 6) is 2.48. The summed E-state index contributed by atoms with van der Waals surface area (Å²) in [4.78, 5) is 27.0. The molecule has 3 nitrogen and oxygen atoms in total. The number of nitrogens with zero attached hydrogens (tertiary/aromatic N) is 1. The van der Waals surface area contributed by atoms with E-state index in [1.807, 2.05) is 19.9 Å². The van der Waals surface area contributed by atoms with Crippen molar-refractivity contribution in [1.82, 2.24) is 4.90 Å². The van der Waals surface area contributed by atoms with Gasteiger partial charge in [-0.25, -0.2) is 0 Å². The predicted octanol–water partition coefficient (Wildman–Crippen LogP) is 4.37. The lowest BCUT2D eigenvalue weighted by Crippen LogP contribution is -2.62. The maximum atomic E-state index is 12.5. The fraction of sp³-hybridized carbons (Fsp3) is 0.810. The molecular weight excluding hydrogens is 298 g/mol. The van der Waals surface area contributed by atoms with Crippen molar-refractivity contribution < 1.29 is 9.59 Å². The Kier molecular flexibility index (Phi) is 4.65. The highest BCUT2D eigenvalue weighted by molar-refractivity contribution is 5.89. The van der Waals surface area contributed by atoms with Gasteiger partial charge in [-0.2, -0.15) is 0 Å². The average Bonchev–Trinajstić information content (AvgIpc) is 2.79. The van der Waals surface area contributed by atoms with Gasteiger partial charge in [0.1, 0.15) is 5.78 Å². The van der Waals surface area contributed by atoms with Gasteiger partial charge in [-0.05, 0) is 69.3 Å². The van der Waals surface area contributed by atoms with Crippen molar-refractivity contribution in [1.29, 1.82) is 0 Å². The standard InChI is InChI=1S/C19H27NO2.C2H6/c1-18-11-8-15-13(14(18)6-7-16(18)21)9-12-20-17(22)5-3-4-10-19(15,20)2;1-2/h3,5,13-15H,4,6-12H2,1-2H3;1-2H3. The van der Waals surface area contributed by atoms with E-state index in [0.717, 1.165) is 51.5 Å². The minimum Gasteiger partial charge on any atom is -0.333 e. The predicted molar refractivity (Wildman–Crippen MR) is 96.5 cm³/mol. The third kappa shape index (κ3) is 2.38. The molecule has 5 atom stereocenters. The Bertz CT molecular complexity index is 554. The third-order valence-electron chi connectivity index (χ3n) is 7.59. The van der Waals surface area contributed by atoms with Crippen molar-refractivity contribution in [3.8, 4) is 0 Å². The van der Waals surface area contributed by atoms with Crippen molar-refractivity contribution in [3.05, 3.63) is 12.2 Å². The number of fused-ring (bicyclic) bond motifs is 5. The van der Waals surface area contributed by atoms with E-state index in [4.69, 9.17) is 0 Å². The van der Waals surface area contributed by atoms with E-state index in [9.17, 15) is 9.59 Å². The zero-order chi connectivity index (χ0) is 17.5. The molecule has 1 saturated heterocycles. The highest BCUT2D eigenvalue weighted by Crippen LogP contribution is 2.60. The first-order valence-electron chi connectivity index (χ1n) is 9.98. The van der Waals surface area contributed by atoms with Gasteiger partial charge in [-0.15, -0.1) is 0 Å². The molecule has 4 aliphatic rings. The lowest BCUT2D eigenvalue weighted by atomic mass is 9.53. The molecule has 2 aliphatic carbocycles. The topological polar surface area (TPSA) is 37.4 Å². The lowest BCUT2D eigenvalue weighted by molar-refractivity contribution is -0.151. The summed E-state index contributed by atoms with van der Waals surface area (Å²) in [6.07, 6.45) is 11.0. The van der Waals surface area contributed by atoms with Gasteiger partial charge in [-0.3, -0.25) is 9.59 Å². The van der Waals surface area contributed by atoms with Gasteiger partial charge in [-0.1, -0.05) is 26.8 Å². The van der Waals surface area contributed by atoms with Crippen LogP contribution in [-0.4, -0.2) is 28.7 Å².